The van der Waals surface area contributed by atoms with E-state index in [9.17, 15) is 9.59 Å². The number of hydrogen-bond acceptors (Lipinski definition) is 2. The number of rotatable bonds is 1. The number of Topliss-reactive ketones (excluding diaryl/α,β-unsaturated/α-hetero) is 1. The van der Waals surface area contributed by atoms with Crippen LogP contribution in [0.2, 0.25) is 0 Å². The molecule has 0 spiro atoms. The third kappa shape index (κ3) is 2.07. The van der Waals surface area contributed by atoms with Crippen LogP contribution in [0.3, 0.4) is 0 Å². The molecule has 3 aliphatic rings. The number of allylic oxidation sites excluding steroid dienone is 6. The highest BCUT2D eigenvalue weighted by molar-refractivity contribution is 6.01. The maximum atomic E-state index is 12.8. The maximum absolute atomic E-state index is 12.8. The van der Waals surface area contributed by atoms with Gasteiger partial charge < -0.3 is 0 Å². The standard InChI is InChI=1S/C20H26O2/c1-11(2)14-9-19(22)20(5)10-16-13(4)18(21)8-15(16)12(3)6-7-17(14)20/h6,9,11,15,17H,7-8,10H2,1-5H3/t15-,17+,20-/m0/s1. The molecule has 3 rings (SSSR count). The molecule has 0 saturated heterocycles. The van der Waals surface area contributed by atoms with Crippen molar-refractivity contribution in [2.45, 2.75) is 53.9 Å². The van der Waals surface area contributed by atoms with Crippen LogP contribution in [-0.4, -0.2) is 11.6 Å². The molecule has 0 N–H and O–H groups in total. The van der Waals surface area contributed by atoms with Crippen LogP contribution in [0, 0.1) is 23.2 Å². The molecular weight excluding hydrogens is 272 g/mol. The van der Waals surface area contributed by atoms with Gasteiger partial charge in [0.05, 0.1) is 0 Å². The Morgan fingerprint density at radius 3 is 2.55 bits per heavy atom. The van der Waals surface area contributed by atoms with Crippen LogP contribution in [0.5, 0.6) is 0 Å². The summed E-state index contributed by atoms with van der Waals surface area (Å²) in [5.74, 6) is 1.44. The third-order valence-corrected chi connectivity index (χ3v) is 6.19. The summed E-state index contributed by atoms with van der Waals surface area (Å²) in [5, 5.41) is 0. The van der Waals surface area contributed by atoms with E-state index in [2.05, 4.69) is 33.8 Å². The van der Waals surface area contributed by atoms with E-state index >= 15 is 0 Å². The second kappa shape index (κ2) is 5.04. The average Bonchev–Trinajstić information content (AvgIpc) is 2.85. The lowest BCUT2D eigenvalue weighted by Gasteiger charge is -2.37. The molecule has 3 aliphatic carbocycles. The first-order valence-corrected chi connectivity index (χ1v) is 8.41. The van der Waals surface area contributed by atoms with Gasteiger partial charge in [0.25, 0.3) is 0 Å². The van der Waals surface area contributed by atoms with Crippen molar-refractivity contribution >= 4 is 11.6 Å². The Morgan fingerprint density at radius 1 is 1.23 bits per heavy atom. The molecule has 3 atom stereocenters. The predicted molar refractivity (Wildman–Crippen MR) is 88.3 cm³/mol. The molecule has 0 aliphatic heterocycles. The van der Waals surface area contributed by atoms with Crippen molar-refractivity contribution in [1.82, 2.24) is 0 Å². The van der Waals surface area contributed by atoms with Crippen LogP contribution in [0.4, 0.5) is 0 Å². The fourth-order valence-corrected chi connectivity index (χ4v) is 4.57. The number of carbonyl (C=O) groups excluding carboxylic acids is 2. The van der Waals surface area contributed by atoms with Crippen molar-refractivity contribution in [2.75, 3.05) is 0 Å². The Morgan fingerprint density at radius 2 is 1.91 bits per heavy atom. The van der Waals surface area contributed by atoms with Gasteiger partial charge in [-0.25, -0.2) is 0 Å². The van der Waals surface area contributed by atoms with Gasteiger partial charge in [0.1, 0.15) is 0 Å². The SMILES string of the molecule is CC1=CC[C@@H]2C(C(C)C)=CC(=O)[C@@]2(C)CC2=C(C)C(=O)C[C@@H]12. The largest absolute Gasteiger partial charge is 0.295 e. The number of fused-ring (bicyclic) bond motifs is 2. The van der Waals surface area contributed by atoms with E-state index in [1.807, 2.05) is 13.0 Å². The molecule has 118 valence electrons. The molecule has 0 heterocycles. The van der Waals surface area contributed by atoms with Gasteiger partial charge >= 0.3 is 0 Å². The third-order valence-electron chi connectivity index (χ3n) is 6.19. The van der Waals surface area contributed by atoms with Crippen molar-refractivity contribution in [3.05, 3.63) is 34.4 Å². The molecule has 0 aromatic heterocycles. The van der Waals surface area contributed by atoms with E-state index in [1.165, 1.54) is 16.7 Å². The zero-order chi connectivity index (χ0) is 16.2. The Labute approximate surface area is 133 Å². The lowest BCUT2D eigenvalue weighted by Crippen LogP contribution is -2.34. The van der Waals surface area contributed by atoms with Gasteiger partial charge in [-0.1, -0.05) is 43.6 Å². The van der Waals surface area contributed by atoms with Gasteiger partial charge in [-0.05, 0) is 50.2 Å². The second-order valence-corrected chi connectivity index (χ2v) is 7.82. The Hall–Kier alpha value is -1.44. The number of hydrogen-bond donors (Lipinski definition) is 0. The van der Waals surface area contributed by atoms with E-state index in [0.717, 1.165) is 18.4 Å². The van der Waals surface area contributed by atoms with Crippen molar-refractivity contribution in [3.8, 4) is 0 Å². The van der Waals surface area contributed by atoms with Gasteiger partial charge in [-0.2, -0.15) is 0 Å². The highest BCUT2D eigenvalue weighted by Crippen LogP contribution is 2.53. The summed E-state index contributed by atoms with van der Waals surface area (Å²) in [6.07, 6.45) is 6.45. The summed E-state index contributed by atoms with van der Waals surface area (Å²) in [7, 11) is 0. The van der Waals surface area contributed by atoms with E-state index in [0.29, 0.717) is 12.3 Å². The first-order chi connectivity index (χ1) is 10.3. The van der Waals surface area contributed by atoms with Crippen molar-refractivity contribution in [1.29, 1.82) is 0 Å². The Balaban J connectivity index is 2.10. The molecule has 0 aromatic rings. The Bertz CT molecular complexity index is 645. The lowest BCUT2D eigenvalue weighted by molar-refractivity contribution is -0.123. The first kappa shape index (κ1) is 15.5. The zero-order valence-electron chi connectivity index (χ0n) is 14.3. The first-order valence-electron chi connectivity index (χ1n) is 8.41. The van der Waals surface area contributed by atoms with Crippen LogP contribution < -0.4 is 0 Å². The lowest BCUT2D eigenvalue weighted by atomic mass is 9.66. The van der Waals surface area contributed by atoms with E-state index in [4.69, 9.17) is 0 Å². The second-order valence-electron chi connectivity index (χ2n) is 7.82. The number of ketones is 2. The maximum Gasteiger partial charge on any atom is 0.162 e. The van der Waals surface area contributed by atoms with Crippen molar-refractivity contribution < 1.29 is 9.59 Å². The Kier molecular flexibility index (Phi) is 3.54. The fourth-order valence-electron chi connectivity index (χ4n) is 4.57. The summed E-state index contributed by atoms with van der Waals surface area (Å²) in [6.45, 7) is 10.6. The monoisotopic (exact) mass is 298 g/mol. The molecule has 0 saturated carbocycles. The highest BCUT2D eigenvalue weighted by atomic mass is 16.1. The normalized spacial score (nSPS) is 35.2. The van der Waals surface area contributed by atoms with Crippen molar-refractivity contribution in [3.63, 3.8) is 0 Å². The summed E-state index contributed by atoms with van der Waals surface area (Å²) in [6, 6.07) is 0. The van der Waals surface area contributed by atoms with Gasteiger partial charge in [0, 0.05) is 17.8 Å². The van der Waals surface area contributed by atoms with Gasteiger partial charge in [0.2, 0.25) is 0 Å². The zero-order valence-corrected chi connectivity index (χ0v) is 14.3. The molecule has 22 heavy (non-hydrogen) atoms. The predicted octanol–water partition coefficient (Wildman–Crippen LogP) is 4.42. The van der Waals surface area contributed by atoms with Crippen LogP contribution in [0.1, 0.15) is 53.9 Å². The molecule has 0 fully saturated rings. The summed E-state index contributed by atoms with van der Waals surface area (Å²) in [4.78, 5) is 24.9. The summed E-state index contributed by atoms with van der Waals surface area (Å²) in [5.41, 5.74) is 4.36. The summed E-state index contributed by atoms with van der Waals surface area (Å²) < 4.78 is 0. The molecule has 0 bridgehead atoms. The molecule has 0 amide bonds. The average molecular weight is 298 g/mol. The smallest absolute Gasteiger partial charge is 0.162 e. The minimum absolute atomic E-state index is 0.237. The van der Waals surface area contributed by atoms with Crippen LogP contribution in [0.25, 0.3) is 0 Å². The molecular formula is C20H26O2. The van der Waals surface area contributed by atoms with Crippen LogP contribution in [0.15, 0.2) is 34.4 Å². The molecule has 0 aromatic carbocycles. The minimum atomic E-state index is -0.365. The minimum Gasteiger partial charge on any atom is -0.295 e. The molecule has 2 nitrogen and oxygen atoms in total. The van der Waals surface area contributed by atoms with E-state index in [1.54, 1.807) is 0 Å². The van der Waals surface area contributed by atoms with Gasteiger partial charge in [-0.15, -0.1) is 0 Å². The van der Waals surface area contributed by atoms with Crippen molar-refractivity contribution in [2.24, 2.45) is 23.2 Å². The molecule has 0 unspecified atom stereocenters. The topological polar surface area (TPSA) is 34.1 Å². The number of carbonyl (C=O) groups is 2. The summed E-state index contributed by atoms with van der Waals surface area (Å²) >= 11 is 0. The van der Waals surface area contributed by atoms with E-state index < -0.39 is 0 Å². The fraction of sp³-hybridized carbons (Fsp3) is 0.600. The van der Waals surface area contributed by atoms with Gasteiger partial charge in [-0.3, -0.25) is 9.59 Å². The highest BCUT2D eigenvalue weighted by Gasteiger charge is 2.49. The molecule has 2 heteroatoms. The molecule has 0 radical (unpaired) electrons. The quantitative estimate of drug-likeness (QED) is 0.672. The van der Waals surface area contributed by atoms with Crippen LogP contribution >= 0.6 is 0 Å². The van der Waals surface area contributed by atoms with E-state index in [-0.39, 0.29) is 28.8 Å². The van der Waals surface area contributed by atoms with Crippen LogP contribution in [-0.2, 0) is 9.59 Å². The van der Waals surface area contributed by atoms with Gasteiger partial charge in [0.15, 0.2) is 11.6 Å².